The molecule has 2 aromatic carbocycles. The van der Waals surface area contributed by atoms with Gasteiger partial charge in [-0.25, -0.2) is 4.39 Å². The Labute approximate surface area is 151 Å². The van der Waals surface area contributed by atoms with Crippen molar-refractivity contribution >= 4 is 17.5 Å². The molecule has 0 bridgehead atoms. The van der Waals surface area contributed by atoms with E-state index in [4.69, 9.17) is 16.3 Å². The van der Waals surface area contributed by atoms with Gasteiger partial charge >= 0.3 is 0 Å². The number of hydrogen-bond acceptors (Lipinski definition) is 3. The average Bonchev–Trinajstić information content (AvgIpc) is 2.61. The first-order chi connectivity index (χ1) is 12.1. The van der Waals surface area contributed by atoms with Gasteiger partial charge in [-0.15, -0.1) is 0 Å². The summed E-state index contributed by atoms with van der Waals surface area (Å²) < 4.78 is 18.8. The van der Waals surface area contributed by atoms with Gasteiger partial charge in [0.2, 0.25) is 0 Å². The second-order valence-corrected chi connectivity index (χ2v) is 6.45. The molecule has 132 valence electrons. The smallest absolute Gasteiger partial charge is 0.252 e. The molecule has 0 aliphatic carbocycles. The van der Waals surface area contributed by atoms with E-state index in [1.165, 1.54) is 17.7 Å². The van der Waals surface area contributed by atoms with Gasteiger partial charge in [0.05, 0.1) is 23.3 Å². The van der Waals surface area contributed by atoms with Crippen molar-refractivity contribution in [2.75, 3.05) is 26.2 Å². The fourth-order valence-electron chi connectivity index (χ4n) is 2.86. The minimum atomic E-state index is -0.464. The number of nitrogens with one attached hydrogen (secondary N) is 1. The number of benzene rings is 2. The number of carbonyl (C=O) groups is 1. The van der Waals surface area contributed by atoms with Crippen LogP contribution in [0.4, 0.5) is 4.39 Å². The maximum Gasteiger partial charge on any atom is 0.252 e. The third kappa shape index (κ3) is 5.01. The largest absolute Gasteiger partial charge is 0.374 e. The number of amides is 1. The quantitative estimate of drug-likeness (QED) is 0.888. The molecule has 25 heavy (non-hydrogen) atoms. The van der Waals surface area contributed by atoms with Crippen molar-refractivity contribution in [2.24, 2.45) is 0 Å². The first kappa shape index (κ1) is 17.9. The zero-order chi connectivity index (χ0) is 17.6. The normalized spacial score (nSPS) is 18.1. The first-order valence-electron chi connectivity index (χ1n) is 8.23. The molecular weight excluding hydrogens is 343 g/mol. The molecule has 0 aromatic heterocycles. The van der Waals surface area contributed by atoms with Gasteiger partial charge in [0, 0.05) is 26.2 Å². The number of morpholine rings is 1. The molecule has 0 unspecified atom stereocenters. The Bertz CT molecular complexity index is 727. The minimum absolute atomic E-state index is 0.0827. The molecule has 1 aliphatic rings. The summed E-state index contributed by atoms with van der Waals surface area (Å²) in [6, 6.07) is 14.0. The van der Waals surface area contributed by atoms with Crippen molar-refractivity contribution in [1.29, 1.82) is 0 Å². The summed E-state index contributed by atoms with van der Waals surface area (Å²) in [5, 5.41) is 2.92. The molecule has 1 fully saturated rings. The van der Waals surface area contributed by atoms with E-state index in [-0.39, 0.29) is 22.6 Å². The van der Waals surface area contributed by atoms with E-state index in [0.29, 0.717) is 13.2 Å². The molecule has 0 radical (unpaired) electrons. The molecule has 6 heteroatoms. The number of nitrogens with zero attached hydrogens (tertiary/aromatic N) is 1. The van der Waals surface area contributed by atoms with Crippen LogP contribution in [0.3, 0.4) is 0 Å². The molecular formula is C19H20ClFN2O2. The van der Waals surface area contributed by atoms with Crippen LogP contribution in [-0.2, 0) is 11.3 Å². The average molecular weight is 363 g/mol. The topological polar surface area (TPSA) is 41.6 Å². The highest BCUT2D eigenvalue weighted by molar-refractivity contribution is 6.33. The lowest BCUT2D eigenvalue weighted by Gasteiger charge is -2.33. The maximum atomic E-state index is 13.1. The van der Waals surface area contributed by atoms with Crippen LogP contribution >= 0.6 is 11.6 Å². The Morgan fingerprint density at radius 3 is 2.84 bits per heavy atom. The Kier molecular flexibility index (Phi) is 6.02. The van der Waals surface area contributed by atoms with Crippen LogP contribution < -0.4 is 5.32 Å². The van der Waals surface area contributed by atoms with Crippen molar-refractivity contribution < 1.29 is 13.9 Å². The number of rotatable bonds is 5. The summed E-state index contributed by atoms with van der Waals surface area (Å²) in [6.07, 6.45) is -0.0827. The maximum absolute atomic E-state index is 13.1. The number of ether oxygens (including phenoxy) is 1. The van der Waals surface area contributed by atoms with Crippen LogP contribution in [0.25, 0.3) is 0 Å². The molecule has 1 amide bonds. The third-order valence-electron chi connectivity index (χ3n) is 4.14. The van der Waals surface area contributed by atoms with E-state index in [1.807, 2.05) is 18.2 Å². The summed E-state index contributed by atoms with van der Waals surface area (Å²) in [7, 11) is 0. The van der Waals surface area contributed by atoms with Crippen molar-refractivity contribution in [1.82, 2.24) is 10.2 Å². The molecule has 1 N–H and O–H groups in total. The van der Waals surface area contributed by atoms with Crippen LogP contribution in [0.2, 0.25) is 5.02 Å². The van der Waals surface area contributed by atoms with E-state index in [0.717, 1.165) is 25.7 Å². The van der Waals surface area contributed by atoms with Crippen LogP contribution in [0.5, 0.6) is 0 Å². The van der Waals surface area contributed by atoms with E-state index >= 15 is 0 Å². The predicted octanol–water partition coefficient (Wildman–Crippen LogP) is 3.11. The minimum Gasteiger partial charge on any atom is -0.374 e. The summed E-state index contributed by atoms with van der Waals surface area (Å²) in [6.45, 7) is 3.48. The lowest BCUT2D eigenvalue weighted by molar-refractivity contribution is -0.0292. The Hall–Kier alpha value is -1.95. The van der Waals surface area contributed by atoms with Crippen molar-refractivity contribution in [2.45, 2.75) is 12.6 Å². The number of halogens is 2. The van der Waals surface area contributed by atoms with Gasteiger partial charge in [-0.2, -0.15) is 0 Å². The first-order valence-corrected chi connectivity index (χ1v) is 8.61. The van der Waals surface area contributed by atoms with Gasteiger partial charge < -0.3 is 10.1 Å². The summed E-state index contributed by atoms with van der Waals surface area (Å²) in [4.78, 5) is 14.5. The summed E-state index contributed by atoms with van der Waals surface area (Å²) in [5.74, 6) is -0.789. The third-order valence-corrected chi connectivity index (χ3v) is 4.45. The summed E-state index contributed by atoms with van der Waals surface area (Å²) in [5.41, 5.74) is 1.52. The van der Waals surface area contributed by atoms with Crippen LogP contribution in [0.15, 0.2) is 48.5 Å². The lowest BCUT2D eigenvalue weighted by Crippen LogP contribution is -2.47. The molecule has 2 aromatic rings. The molecule has 1 atom stereocenters. The molecule has 0 saturated carbocycles. The van der Waals surface area contributed by atoms with E-state index in [1.54, 1.807) is 0 Å². The van der Waals surface area contributed by atoms with Crippen molar-refractivity contribution in [3.63, 3.8) is 0 Å². The van der Waals surface area contributed by atoms with Gasteiger partial charge in [-0.1, -0.05) is 41.9 Å². The fraction of sp³-hybridized carbons (Fsp3) is 0.316. The monoisotopic (exact) mass is 362 g/mol. The molecule has 3 rings (SSSR count). The molecule has 1 aliphatic heterocycles. The summed E-state index contributed by atoms with van der Waals surface area (Å²) >= 11 is 5.92. The van der Waals surface area contributed by atoms with Crippen molar-refractivity contribution in [3.8, 4) is 0 Å². The zero-order valence-electron chi connectivity index (χ0n) is 13.8. The molecule has 0 spiro atoms. The lowest BCUT2D eigenvalue weighted by atomic mass is 10.1. The second-order valence-electron chi connectivity index (χ2n) is 6.05. The van der Waals surface area contributed by atoms with Crippen molar-refractivity contribution in [3.05, 3.63) is 70.5 Å². The zero-order valence-corrected chi connectivity index (χ0v) is 14.5. The Balaban J connectivity index is 1.51. The number of hydrogen-bond donors (Lipinski definition) is 1. The predicted molar refractivity (Wildman–Crippen MR) is 95.2 cm³/mol. The highest BCUT2D eigenvalue weighted by Crippen LogP contribution is 2.17. The molecule has 1 heterocycles. The van der Waals surface area contributed by atoms with Gasteiger partial charge in [0.15, 0.2) is 0 Å². The van der Waals surface area contributed by atoms with Gasteiger partial charge in [0.1, 0.15) is 5.82 Å². The van der Waals surface area contributed by atoms with Gasteiger partial charge in [0.25, 0.3) is 5.91 Å². The van der Waals surface area contributed by atoms with E-state index < -0.39 is 5.82 Å². The number of carbonyl (C=O) groups excluding carboxylic acids is 1. The van der Waals surface area contributed by atoms with Crippen LogP contribution in [0.1, 0.15) is 15.9 Å². The Morgan fingerprint density at radius 1 is 1.28 bits per heavy atom. The van der Waals surface area contributed by atoms with Crippen LogP contribution in [-0.4, -0.2) is 43.2 Å². The fourth-order valence-corrected chi connectivity index (χ4v) is 3.12. The molecule has 4 nitrogen and oxygen atoms in total. The Morgan fingerprint density at radius 2 is 2.08 bits per heavy atom. The SMILES string of the molecule is O=C(NC[C@H]1CN(Cc2ccccc2)CCO1)c1ccc(F)cc1Cl. The second kappa shape index (κ2) is 8.43. The standard InChI is InChI=1S/C19H20ClFN2O2/c20-18-10-15(21)6-7-17(18)19(24)22-11-16-13-23(8-9-25-16)12-14-4-2-1-3-5-14/h1-7,10,16H,8-9,11-13H2,(H,22,24)/t16-/m0/s1. The van der Waals surface area contributed by atoms with Gasteiger partial charge in [-0.05, 0) is 23.8 Å². The highest BCUT2D eigenvalue weighted by Gasteiger charge is 2.21. The van der Waals surface area contributed by atoms with Crippen LogP contribution in [0, 0.1) is 5.82 Å². The van der Waals surface area contributed by atoms with E-state index in [9.17, 15) is 9.18 Å². The van der Waals surface area contributed by atoms with Gasteiger partial charge in [-0.3, -0.25) is 9.69 Å². The molecule has 1 saturated heterocycles. The highest BCUT2D eigenvalue weighted by atomic mass is 35.5. The van der Waals surface area contributed by atoms with E-state index in [2.05, 4.69) is 22.3 Å².